The van der Waals surface area contributed by atoms with Crippen LogP contribution in [0.2, 0.25) is 0 Å². The summed E-state index contributed by atoms with van der Waals surface area (Å²) in [7, 11) is 1.77. The van der Waals surface area contributed by atoms with Gasteiger partial charge in [0.1, 0.15) is 5.75 Å². The first-order chi connectivity index (χ1) is 16.2. The molecular formula is C26H34N4O4. The Morgan fingerprint density at radius 3 is 2.62 bits per heavy atom. The van der Waals surface area contributed by atoms with E-state index in [2.05, 4.69) is 4.99 Å². The molecule has 1 amide bonds. The summed E-state index contributed by atoms with van der Waals surface area (Å²) in [4.78, 5) is 32.0. The third kappa shape index (κ3) is 6.57. The monoisotopic (exact) mass is 466 g/mol. The Morgan fingerprint density at radius 1 is 1.21 bits per heavy atom. The van der Waals surface area contributed by atoms with Gasteiger partial charge in [-0.2, -0.15) is 0 Å². The van der Waals surface area contributed by atoms with Crippen LogP contribution in [0.15, 0.2) is 53.5 Å². The second-order valence-electron chi connectivity index (χ2n) is 9.49. The van der Waals surface area contributed by atoms with Gasteiger partial charge in [0.25, 0.3) is 0 Å². The summed E-state index contributed by atoms with van der Waals surface area (Å²) in [5, 5.41) is 0. The molecule has 1 aliphatic rings. The Labute approximate surface area is 201 Å². The van der Waals surface area contributed by atoms with Crippen molar-refractivity contribution in [3.63, 3.8) is 0 Å². The second kappa shape index (κ2) is 11.2. The summed E-state index contributed by atoms with van der Waals surface area (Å²) < 4.78 is 11.8. The molecule has 1 aliphatic heterocycles. The first-order valence-electron chi connectivity index (χ1n) is 11.4. The standard InChI is InChI=1S/C26H34N4O4/c1-26(2,3)18-34-24(17-31)30-16-20-21(28-25(30)27)12-8-13-22(20)33-15-9-14-23(32)29(4)19-10-6-5-7-11-19/h5-8,10-13,17,24H,9,14-16,18H2,1-4H3,(H2,27,28). The van der Waals surface area contributed by atoms with Crippen molar-refractivity contribution in [2.24, 2.45) is 16.1 Å². The van der Waals surface area contributed by atoms with Gasteiger partial charge < -0.3 is 25.0 Å². The van der Waals surface area contributed by atoms with Crippen LogP contribution in [0.3, 0.4) is 0 Å². The third-order valence-corrected chi connectivity index (χ3v) is 5.39. The molecule has 182 valence electrons. The lowest BCUT2D eigenvalue weighted by Crippen LogP contribution is -2.48. The number of ether oxygens (including phenoxy) is 2. The zero-order chi connectivity index (χ0) is 24.7. The summed E-state index contributed by atoms with van der Waals surface area (Å²) in [6.45, 7) is 7.21. The van der Waals surface area contributed by atoms with E-state index in [0.29, 0.717) is 44.0 Å². The summed E-state index contributed by atoms with van der Waals surface area (Å²) in [5.41, 5.74) is 8.44. The summed E-state index contributed by atoms with van der Waals surface area (Å²) in [6, 6.07) is 15.1. The first-order valence-corrected chi connectivity index (χ1v) is 11.4. The van der Waals surface area contributed by atoms with Crippen LogP contribution in [0.4, 0.5) is 11.4 Å². The molecule has 8 heteroatoms. The number of para-hydroxylation sites is 1. The van der Waals surface area contributed by atoms with Crippen molar-refractivity contribution in [1.82, 2.24) is 4.90 Å². The zero-order valence-corrected chi connectivity index (χ0v) is 20.4. The van der Waals surface area contributed by atoms with E-state index in [4.69, 9.17) is 15.2 Å². The van der Waals surface area contributed by atoms with Gasteiger partial charge in [0.2, 0.25) is 5.91 Å². The van der Waals surface area contributed by atoms with E-state index in [0.717, 1.165) is 17.5 Å². The highest BCUT2D eigenvalue weighted by Crippen LogP contribution is 2.34. The molecule has 0 fully saturated rings. The van der Waals surface area contributed by atoms with Gasteiger partial charge >= 0.3 is 0 Å². The molecule has 2 N–H and O–H groups in total. The van der Waals surface area contributed by atoms with Gasteiger partial charge in [0, 0.05) is 24.7 Å². The van der Waals surface area contributed by atoms with Crippen molar-refractivity contribution < 1.29 is 19.1 Å². The van der Waals surface area contributed by atoms with Crippen LogP contribution >= 0.6 is 0 Å². The molecule has 0 saturated heterocycles. The Balaban J connectivity index is 1.60. The van der Waals surface area contributed by atoms with Crippen LogP contribution in [0.1, 0.15) is 39.2 Å². The number of aldehydes is 1. The van der Waals surface area contributed by atoms with E-state index >= 15 is 0 Å². The number of nitrogens with zero attached hydrogens (tertiary/aromatic N) is 3. The molecule has 2 aromatic carbocycles. The number of carbonyl (C=O) groups is 2. The predicted molar refractivity (Wildman–Crippen MR) is 133 cm³/mol. The van der Waals surface area contributed by atoms with Crippen molar-refractivity contribution >= 4 is 29.5 Å². The summed E-state index contributed by atoms with van der Waals surface area (Å²) in [6.07, 6.45) is 0.832. The maximum Gasteiger partial charge on any atom is 0.226 e. The average molecular weight is 467 g/mol. The average Bonchev–Trinajstić information content (AvgIpc) is 2.81. The lowest BCUT2D eigenvalue weighted by Gasteiger charge is -2.34. The van der Waals surface area contributed by atoms with Crippen molar-refractivity contribution in [2.45, 2.75) is 46.4 Å². The minimum absolute atomic E-state index is 0.0262. The number of hydrogen-bond donors (Lipinski definition) is 1. The highest BCUT2D eigenvalue weighted by Gasteiger charge is 2.28. The highest BCUT2D eigenvalue weighted by molar-refractivity contribution is 5.92. The Hall–Kier alpha value is -3.39. The molecule has 0 bridgehead atoms. The van der Waals surface area contributed by atoms with E-state index in [1.807, 2.05) is 69.3 Å². The Kier molecular flexibility index (Phi) is 8.28. The van der Waals surface area contributed by atoms with Crippen LogP contribution in [0.5, 0.6) is 5.75 Å². The van der Waals surface area contributed by atoms with E-state index in [1.54, 1.807) is 16.8 Å². The topological polar surface area (TPSA) is 97.5 Å². The number of amides is 1. The summed E-state index contributed by atoms with van der Waals surface area (Å²) >= 11 is 0. The number of nitrogens with two attached hydrogens (primary N) is 1. The molecule has 0 saturated carbocycles. The van der Waals surface area contributed by atoms with E-state index in [1.165, 1.54) is 0 Å². The van der Waals surface area contributed by atoms with Gasteiger partial charge in [0.15, 0.2) is 18.5 Å². The maximum atomic E-state index is 12.5. The quantitative estimate of drug-likeness (QED) is 0.422. The number of benzene rings is 2. The molecular weight excluding hydrogens is 432 g/mol. The molecule has 1 atom stereocenters. The van der Waals surface area contributed by atoms with E-state index < -0.39 is 6.23 Å². The normalized spacial score (nSPS) is 14.1. The van der Waals surface area contributed by atoms with Gasteiger partial charge in [-0.1, -0.05) is 45.0 Å². The van der Waals surface area contributed by atoms with Crippen molar-refractivity contribution in [3.05, 3.63) is 54.1 Å². The van der Waals surface area contributed by atoms with Crippen molar-refractivity contribution in [3.8, 4) is 5.75 Å². The number of rotatable bonds is 10. The molecule has 2 aromatic rings. The number of aliphatic imine (C=N–C) groups is 1. The van der Waals surface area contributed by atoms with Crippen molar-refractivity contribution in [1.29, 1.82) is 0 Å². The Morgan fingerprint density at radius 2 is 1.94 bits per heavy atom. The lowest BCUT2D eigenvalue weighted by molar-refractivity contribution is -0.130. The van der Waals surface area contributed by atoms with Crippen LogP contribution in [-0.2, 0) is 20.9 Å². The fourth-order valence-corrected chi connectivity index (χ4v) is 3.52. The maximum absolute atomic E-state index is 12.5. The van der Waals surface area contributed by atoms with Gasteiger partial charge in [-0.15, -0.1) is 0 Å². The first kappa shape index (κ1) is 25.2. The molecule has 0 aromatic heterocycles. The minimum atomic E-state index is -0.838. The number of fused-ring (bicyclic) bond motifs is 1. The number of carbonyl (C=O) groups excluding carboxylic acids is 2. The fourth-order valence-electron chi connectivity index (χ4n) is 3.52. The highest BCUT2D eigenvalue weighted by atomic mass is 16.5. The SMILES string of the molecule is CN(C(=O)CCCOc1cccc2c1CN(C(C=O)OCC(C)(C)C)C(N)=N2)c1ccccc1. The lowest BCUT2D eigenvalue weighted by atomic mass is 9.99. The van der Waals surface area contributed by atoms with Gasteiger partial charge in [0.05, 0.1) is 25.4 Å². The van der Waals surface area contributed by atoms with Crippen LogP contribution in [0.25, 0.3) is 0 Å². The molecule has 34 heavy (non-hydrogen) atoms. The molecule has 8 nitrogen and oxygen atoms in total. The number of anilines is 1. The fraction of sp³-hybridized carbons (Fsp3) is 0.423. The Bertz CT molecular complexity index is 1020. The van der Waals surface area contributed by atoms with Gasteiger partial charge in [-0.25, -0.2) is 4.99 Å². The molecule has 3 rings (SSSR count). The number of guanidine groups is 1. The van der Waals surface area contributed by atoms with E-state index in [-0.39, 0.29) is 17.3 Å². The number of hydrogen-bond acceptors (Lipinski definition) is 7. The van der Waals surface area contributed by atoms with Crippen LogP contribution in [0, 0.1) is 5.41 Å². The molecule has 0 aliphatic carbocycles. The van der Waals surface area contributed by atoms with Crippen LogP contribution < -0.4 is 15.4 Å². The predicted octanol–water partition coefficient (Wildman–Crippen LogP) is 3.86. The smallest absolute Gasteiger partial charge is 0.226 e. The van der Waals surface area contributed by atoms with Crippen molar-refractivity contribution in [2.75, 3.05) is 25.2 Å². The molecule has 0 radical (unpaired) electrons. The largest absolute Gasteiger partial charge is 0.493 e. The van der Waals surface area contributed by atoms with Crippen LogP contribution in [-0.4, -0.2) is 49.5 Å². The molecule has 1 unspecified atom stereocenters. The third-order valence-electron chi connectivity index (χ3n) is 5.39. The minimum Gasteiger partial charge on any atom is -0.493 e. The zero-order valence-electron chi connectivity index (χ0n) is 20.4. The van der Waals surface area contributed by atoms with Gasteiger partial charge in [-0.3, -0.25) is 9.59 Å². The summed E-state index contributed by atoms with van der Waals surface area (Å²) in [5.74, 6) is 0.909. The molecule has 0 spiro atoms. The second-order valence-corrected chi connectivity index (χ2v) is 9.49. The van der Waals surface area contributed by atoms with E-state index in [9.17, 15) is 9.59 Å². The molecule has 1 heterocycles. The van der Waals surface area contributed by atoms with Gasteiger partial charge in [-0.05, 0) is 36.1 Å².